The van der Waals surface area contributed by atoms with Crippen molar-refractivity contribution in [2.75, 3.05) is 13.1 Å². The first-order chi connectivity index (χ1) is 10.1. The first-order valence-electron chi connectivity index (χ1n) is 8.54. The first kappa shape index (κ1) is 15.4. The fraction of sp³-hybridized carbons (Fsp3) is 0.824. The molecule has 118 valence electrons. The summed E-state index contributed by atoms with van der Waals surface area (Å²) >= 11 is 1.87. The van der Waals surface area contributed by atoms with Gasteiger partial charge in [-0.3, -0.25) is 4.90 Å². The number of rotatable bonds is 3. The number of nitrogens with one attached hydrogen (secondary N) is 1. The number of piperazine rings is 1. The summed E-state index contributed by atoms with van der Waals surface area (Å²) in [4.78, 5) is 8.75. The molecule has 2 unspecified atom stereocenters. The zero-order chi connectivity index (χ0) is 14.8. The van der Waals surface area contributed by atoms with Gasteiger partial charge in [0.15, 0.2) is 0 Å². The van der Waals surface area contributed by atoms with Crippen LogP contribution in [0.5, 0.6) is 0 Å². The van der Waals surface area contributed by atoms with E-state index in [2.05, 4.69) is 31.0 Å². The quantitative estimate of drug-likeness (QED) is 0.926. The van der Waals surface area contributed by atoms with Crippen LogP contribution in [-0.4, -0.2) is 35.1 Å². The number of thiazole rings is 1. The van der Waals surface area contributed by atoms with Crippen LogP contribution in [0.3, 0.4) is 0 Å². The molecule has 0 spiro atoms. The molecule has 2 fully saturated rings. The van der Waals surface area contributed by atoms with Crippen molar-refractivity contribution in [2.24, 2.45) is 5.92 Å². The molecule has 1 saturated carbocycles. The van der Waals surface area contributed by atoms with Crippen molar-refractivity contribution in [2.45, 2.75) is 71.5 Å². The Kier molecular flexibility index (Phi) is 4.97. The molecule has 3 rings (SSSR count). The minimum Gasteiger partial charge on any atom is -0.311 e. The lowest BCUT2D eigenvalue weighted by Gasteiger charge is -2.42. The normalized spacial score (nSPS) is 28.9. The Morgan fingerprint density at radius 1 is 1.24 bits per heavy atom. The van der Waals surface area contributed by atoms with Gasteiger partial charge in [0.05, 0.1) is 12.2 Å². The lowest BCUT2D eigenvalue weighted by Crippen LogP contribution is -2.57. The monoisotopic (exact) mass is 307 g/mol. The molecule has 2 aliphatic rings. The molecule has 0 radical (unpaired) electrons. The third-order valence-corrected chi connectivity index (χ3v) is 6.42. The van der Waals surface area contributed by atoms with Gasteiger partial charge in [-0.05, 0) is 39.5 Å². The van der Waals surface area contributed by atoms with Crippen LogP contribution in [-0.2, 0) is 6.54 Å². The van der Waals surface area contributed by atoms with E-state index in [4.69, 9.17) is 4.98 Å². The maximum Gasteiger partial charge on any atom is 0.107 e. The zero-order valence-electron chi connectivity index (χ0n) is 13.7. The van der Waals surface area contributed by atoms with E-state index >= 15 is 0 Å². The Hall–Kier alpha value is -0.450. The van der Waals surface area contributed by atoms with E-state index in [1.54, 1.807) is 0 Å². The number of hydrogen-bond donors (Lipinski definition) is 1. The van der Waals surface area contributed by atoms with Gasteiger partial charge < -0.3 is 5.32 Å². The second kappa shape index (κ2) is 6.76. The molecule has 1 aromatic heterocycles. The third-order valence-electron chi connectivity index (χ3n) is 5.36. The highest BCUT2D eigenvalue weighted by molar-refractivity contribution is 7.11. The Morgan fingerprint density at radius 2 is 2.00 bits per heavy atom. The van der Waals surface area contributed by atoms with Gasteiger partial charge >= 0.3 is 0 Å². The Labute approximate surface area is 133 Å². The molecule has 21 heavy (non-hydrogen) atoms. The van der Waals surface area contributed by atoms with E-state index in [1.807, 2.05) is 11.3 Å². The molecule has 0 amide bonds. The van der Waals surface area contributed by atoms with Crippen LogP contribution in [0.2, 0.25) is 0 Å². The van der Waals surface area contributed by atoms with Crippen molar-refractivity contribution < 1.29 is 0 Å². The molecular weight excluding hydrogens is 278 g/mol. The summed E-state index contributed by atoms with van der Waals surface area (Å²) < 4.78 is 0. The standard InChI is InChI=1S/C17H29N3S/c1-12-9-18-16(15-7-5-4-6-8-15)10-20(12)11-17-19-13(2)14(3)21-17/h12,15-16,18H,4-11H2,1-3H3. The largest absolute Gasteiger partial charge is 0.311 e. The second-order valence-corrected chi connectivity index (χ2v) is 8.23. The number of aromatic nitrogens is 1. The number of hydrogen-bond acceptors (Lipinski definition) is 4. The van der Waals surface area contributed by atoms with Crippen molar-refractivity contribution in [3.05, 3.63) is 15.6 Å². The smallest absolute Gasteiger partial charge is 0.107 e. The molecule has 1 saturated heterocycles. The average Bonchev–Trinajstić information content (AvgIpc) is 2.80. The SMILES string of the molecule is Cc1nc(CN2CC(C3CCCCC3)NCC2C)sc1C. The van der Waals surface area contributed by atoms with E-state index in [9.17, 15) is 0 Å². The van der Waals surface area contributed by atoms with Crippen LogP contribution in [0.4, 0.5) is 0 Å². The van der Waals surface area contributed by atoms with Gasteiger partial charge in [-0.1, -0.05) is 19.3 Å². The maximum absolute atomic E-state index is 4.73. The van der Waals surface area contributed by atoms with Gasteiger partial charge in [0.1, 0.15) is 5.01 Å². The van der Waals surface area contributed by atoms with Crippen LogP contribution < -0.4 is 5.32 Å². The minimum atomic E-state index is 0.620. The highest BCUT2D eigenvalue weighted by Gasteiger charge is 2.31. The average molecular weight is 308 g/mol. The Balaban J connectivity index is 1.62. The lowest BCUT2D eigenvalue weighted by atomic mass is 9.82. The second-order valence-electron chi connectivity index (χ2n) is 6.94. The van der Waals surface area contributed by atoms with Crippen molar-refractivity contribution in [1.29, 1.82) is 0 Å². The molecule has 2 heterocycles. The molecule has 0 bridgehead atoms. The fourth-order valence-electron chi connectivity index (χ4n) is 3.80. The van der Waals surface area contributed by atoms with Crippen LogP contribution in [0.15, 0.2) is 0 Å². The van der Waals surface area contributed by atoms with Crippen molar-refractivity contribution in [3.63, 3.8) is 0 Å². The Morgan fingerprint density at radius 3 is 2.67 bits per heavy atom. The minimum absolute atomic E-state index is 0.620. The molecule has 1 aromatic rings. The summed E-state index contributed by atoms with van der Waals surface area (Å²) in [6.07, 6.45) is 7.16. The van der Waals surface area contributed by atoms with Crippen molar-refractivity contribution >= 4 is 11.3 Å². The molecule has 3 nitrogen and oxygen atoms in total. The predicted octanol–water partition coefficient (Wildman–Crippen LogP) is 3.50. The van der Waals surface area contributed by atoms with Gasteiger partial charge in [0.2, 0.25) is 0 Å². The van der Waals surface area contributed by atoms with Gasteiger partial charge in [-0.15, -0.1) is 11.3 Å². The zero-order valence-corrected chi connectivity index (χ0v) is 14.5. The van der Waals surface area contributed by atoms with Crippen LogP contribution in [0.1, 0.15) is 54.6 Å². The van der Waals surface area contributed by atoms with Crippen molar-refractivity contribution in [3.8, 4) is 0 Å². The van der Waals surface area contributed by atoms with E-state index in [-0.39, 0.29) is 0 Å². The summed E-state index contributed by atoms with van der Waals surface area (Å²) in [5.41, 5.74) is 1.21. The van der Waals surface area contributed by atoms with Crippen molar-refractivity contribution in [1.82, 2.24) is 15.2 Å². The van der Waals surface area contributed by atoms with Gasteiger partial charge in [0.25, 0.3) is 0 Å². The lowest BCUT2D eigenvalue weighted by molar-refractivity contribution is 0.0980. The summed E-state index contributed by atoms with van der Waals surface area (Å²) in [5, 5.41) is 5.10. The Bertz CT molecular complexity index is 445. The maximum atomic E-state index is 4.73. The van der Waals surface area contributed by atoms with Crippen LogP contribution in [0.25, 0.3) is 0 Å². The molecule has 2 atom stereocenters. The first-order valence-corrected chi connectivity index (χ1v) is 9.35. The van der Waals surface area contributed by atoms with E-state index in [1.165, 1.54) is 54.2 Å². The van der Waals surface area contributed by atoms with Gasteiger partial charge in [0, 0.05) is 30.1 Å². The van der Waals surface area contributed by atoms with Gasteiger partial charge in [-0.25, -0.2) is 4.98 Å². The number of nitrogens with zero attached hydrogens (tertiary/aromatic N) is 2. The predicted molar refractivity (Wildman–Crippen MR) is 89.8 cm³/mol. The topological polar surface area (TPSA) is 28.2 Å². The summed E-state index contributed by atoms with van der Waals surface area (Å²) in [7, 11) is 0. The molecule has 1 aliphatic carbocycles. The van der Waals surface area contributed by atoms with Crippen LogP contribution in [0, 0.1) is 19.8 Å². The molecule has 1 N–H and O–H groups in total. The highest BCUT2D eigenvalue weighted by Crippen LogP contribution is 2.29. The van der Waals surface area contributed by atoms with Crippen LogP contribution >= 0.6 is 11.3 Å². The molecule has 4 heteroatoms. The summed E-state index contributed by atoms with van der Waals surface area (Å²) in [6, 6.07) is 1.32. The summed E-state index contributed by atoms with van der Waals surface area (Å²) in [5.74, 6) is 0.897. The van der Waals surface area contributed by atoms with E-state index < -0.39 is 0 Å². The molecule has 1 aliphatic heterocycles. The molecular formula is C17H29N3S. The van der Waals surface area contributed by atoms with Gasteiger partial charge in [-0.2, -0.15) is 0 Å². The highest BCUT2D eigenvalue weighted by atomic mass is 32.1. The van der Waals surface area contributed by atoms with E-state index in [0.29, 0.717) is 12.1 Å². The number of aryl methyl sites for hydroxylation is 2. The molecule has 0 aromatic carbocycles. The fourth-order valence-corrected chi connectivity index (χ4v) is 4.76. The summed E-state index contributed by atoms with van der Waals surface area (Å²) in [6.45, 7) is 10.0. The van der Waals surface area contributed by atoms with E-state index in [0.717, 1.165) is 19.0 Å². The third kappa shape index (κ3) is 3.66.